The number of hydrogen-bond donors (Lipinski definition) is 1. The first-order valence-electron chi connectivity index (χ1n) is 8.63. The first kappa shape index (κ1) is 19.4. The molecule has 0 radical (unpaired) electrons. The zero-order valence-corrected chi connectivity index (χ0v) is 15.7. The van der Waals surface area contributed by atoms with Gasteiger partial charge in [-0.3, -0.25) is 0 Å². The van der Waals surface area contributed by atoms with E-state index in [0.717, 1.165) is 10.7 Å². The summed E-state index contributed by atoms with van der Waals surface area (Å²) >= 11 is 6.17. The highest BCUT2D eigenvalue weighted by Gasteiger charge is 2.51. The highest BCUT2D eigenvalue weighted by atomic mass is 35.5. The summed E-state index contributed by atoms with van der Waals surface area (Å²) in [5, 5.41) is 17.2. The second-order valence-electron chi connectivity index (χ2n) is 6.84. The van der Waals surface area contributed by atoms with E-state index < -0.39 is 35.4 Å². The molecule has 1 N–H and O–H groups in total. The molecule has 3 aromatic rings. The Morgan fingerprint density at radius 1 is 1.34 bits per heavy atom. The van der Waals surface area contributed by atoms with Crippen LogP contribution in [-0.4, -0.2) is 31.0 Å². The van der Waals surface area contributed by atoms with Crippen molar-refractivity contribution in [2.24, 2.45) is 0 Å². The SMILES string of the molecule is C[C@H](C(=O)O)n1nc(-c2nc(C3(c4ccc(F)cc4Cl)CC3)no2)cc1C(F)F. The number of aliphatic carboxylic acids is 1. The van der Waals surface area contributed by atoms with Crippen LogP contribution in [-0.2, 0) is 10.2 Å². The van der Waals surface area contributed by atoms with Crippen LogP contribution in [0, 0.1) is 5.82 Å². The minimum absolute atomic E-state index is 0.0619. The monoisotopic (exact) mass is 426 g/mol. The topological polar surface area (TPSA) is 94.0 Å². The molecule has 1 aromatic carbocycles. The molecule has 0 unspecified atom stereocenters. The Kier molecular flexibility index (Phi) is 4.60. The second-order valence-corrected chi connectivity index (χ2v) is 7.25. The minimum Gasteiger partial charge on any atom is -0.480 e. The lowest BCUT2D eigenvalue weighted by atomic mass is 9.95. The summed E-state index contributed by atoms with van der Waals surface area (Å²) in [5.74, 6) is -1.63. The Bertz CT molecular complexity index is 1090. The van der Waals surface area contributed by atoms with Crippen molar-refractivity contribution in [3.63, 3.8) is 0 Å². The molecule has 0 saturated heterocycles. The predicted molar refractivity (Wildman–Crippen MR) is 94.2 cm³/mol. The molecule has 1 aliphatic carbocycles. The highest BCUT2D eigenvalue weighted by Crippen LogP contribution is 2.54. The molecule has 4 rings (SSSR count). The van der Waals surface area contributed by atoms with Crippen molar-refractivity contribution in [2.75, 3.05) is 0 Å². The van der Waals surface area contributed by atoms with E-state index in [1.807, 2.05) is 0 Å². The summed E-state index contributed by atoms with van der Waals surface area (Å²) in [5.41, 5.74) is -0.633. The quantitative estimate of drug-likeness (QED) is 0.628. The van der Waals surface area contributed by atoms with Gasteiger partial charge < -0.3 is 9.63 Å². The Morgan fingerprint density at radius 3 is 2.66 bits per heavy atom. The molecule has 29 heavy (non-hydrogen) atoms. The molecule has 1 atom stereocenters. The number of benzene rings is 1. The molecule has 1 aliphatic rings. The van der Waals surface area contributed by atoms with Crippen molar-refractivity contribution in [1.82, 2.24) is 19.9 Å². The van der Waals surface area contributed by atoms with Crippen LogP contribution >= 0.6 is 11.6 Å². The van der Waals surface area contributed by atoms with E-state index in [4.69, 9.17) is 21.2 Å². The van der Waals surface area contributed by atoms with Gasteiger partial charge in [0.15, 0.2) is 11.5 Å². The van der Waals surface area contributed by atoms with Gasteiger partial charge in [-0.2, -0.15) is 10.1 Å². The first-order valence-corrected chi connectivity index (χ1v) is 9.01. The number of rotatable bonds is 6. The van der Waals surface area contributed by atoms with Gasteiger partial charge in [0.05, 0.1) is 5.41 Å². The Balaban J connectivity index is 1.71. The lowest BCUT2D eigenvalue weighted by molar-refractivity contribution is -0.140. The van der Waals surface area contributed by atoms with Crippen LogP contribution in [0.4, 0.5) is 13.2 Å². The van der Waals surface area contributed by atoms with Crippen molar-refractivity contribution in [3.8, 4) is 11.6 Å². The van der Waals surface area contributed by atoms with Gasteiger partial charge in [0.2, 0.25) is 0 Å². The number of carbonyl (C=O) groups is 1. The molecule has 2 aromatic heterocycles. The van der Waals surface area contributed by atoms with Crippen molar-refractivity contribution in [3.05, 3.63) is 52.2 Å². The van der Waals surface area contributed by atoms with Crippen LogP contribution < -0.4 is 0 Å². The normalized spacial score (nSPS) is 16.2. The molecule has 11 heteroatoms. The zero-order valence-electron chi connectivity index (χ0n) is 14.9. The van der Waals surface area contributed by atoms with Gasteiger partial charge in [-0.15, -0.1) is 0 Å². The van der Waals surface area contributed by atoms with Gasteiger partial charge >= 0.3 is 5.97 Å². The van der Waals surface area contributed by atoms with Crippen molar-refractivity contribution in [2.45, 2.75) is 37.6 Å². The van der Waals surface area contributed by atoms with Crippen LogP contribution in [0.1, 0.15) is 49.3 Å². The van der Waals surface area contributed by atoms with Crippen LogP contribution in [0.2, 0.25) is 5.02 Å². The van der Waals surface area contributed by atoms with Crippen LogP contribution in [0.15, 0.2) is 28.8 Å². The van der Waals surface area contributed by atoms with E-state index in [9.17, 15) is 18.0 Å². The number of aromatic nitrogens is 4. The minimum atomic E-state index is -2.94. The van der Waals surface area contributed by atoms with Gasteiger partial charge in [0.1, 0.15) is 17.6 Å². The maximum absolute atomic E-state index is 13.4. The lowest BCUT2D eigenvalue weighted by Gasteiger charge is -2.12. The van der Waals surface area contributed by atoms with E-state index in [0.29, 0.717) is 18.4 Å². The number of halogens is 4. The number of carboxylic acid groups (broad SMARTS) is 1. The van der Waals surface area contributed by atoms with Gasteiger partial charge in [0.25, 0.3) is 12.3 Å². The number of hydrogen-bond acceptors (Lipinski definition) is 5. The average molecular weight is 427 g/mol. The molecule has 0 amide bonds. The summed E-state index contributed by atoms with van der Waals surface area (Å²) in [7, 11) is 0. The van der Waals surface area contributed by atoms with Gasteiger partial charge in [-0.05, 0) is 43.5 Å². The molecule has 152 valence electrons. The molecule has 1 saturated carbocycles. The summed E-state index contributed by atoms with van der Waals surface area (Å²) < 4.78 is 45.9. The third-order valence-electron chi connectivity index (χ3n) is 4.98. The van der Waals surface area contributed by atoms with Crippen molar-refractivity contribution in [1.29, 1.82) is 0 Å². The van der Waals surface area contributed by atoms with Crippen molar-refractivity contribution < 1.29 is 27.6 Å². The van der Waals surface area contributed by atoms with E-state index in [1.165, 1.54) is 19.1 Å². The van der Waals surface area contributed by atoms with E-state index in [2.05, 4.69) is 15.2 Å². The summed E-state index contributed by atoms with van der Waals surface area (Å²) in [6.07, 6.45) is -1.62. The average Bonchev–Trinajstić information content (AvgIpc) is 3.12. The molecule has 2 heterocycles. The molecular weight excluding hydrogens is 413 g/mol. The highest BCUT2D eigenvalue weighted by molar-refractivity contribution is 6.31. The van der Waals surface area contributed by atoms with Crippen LogP contribution in [0.5, 0.6) is 0 Å². The lowest BCUT2D eigenvalue weighted by Crippen LogP contribution is -2.19. The molecule has 1 fully saturated rings. The number of alkyl halides is 2. The third-order valence-corrected chi connectivity index (χ3v) is 5.30. The van der Waals surface area contributed by atoms with Crippen LogP contribution in [0.3, 0.4) is 0 Å². The maximum atomic E-state index is 13.4. The first-order chi connectivity index (χ1) is 13.7. The summed E-state index contributed by atoms with van der Waals surface area (Å²) in [6, 6.07) is 3.75. The second kappa shape index (κ2) is 6.87. The standard InChI is InChI=1S/C18H14ClF3N4O3/c1-8(16(27)28)26-13(14(21)22)7-12(24-26)15-23-17(25-29-15)18(4-5-18)10-3-2-9(20)6-11(10)19/h2-3,6-8,14H,4-5H2,1H3,(H,27,28)/t8-/m1/s1. The van der Waals surface area contributed by atoms with E-state index in [-0.39, 0.29) is 22.4 Å². The maximum Gasteiger partial charge on any atom is 0.328 e. The fourth-order valence-electron chi connectivity index (χ4n) is 3.23. The van der Waals surface area contributed by atoms with Gasteiger partial charge in [-0.1, -0.05) is 22.8 Å². The largest absolute Gasteiger partial charge is 0.480 e. The van der Waals surface area contributed by atoms with Gasteiger partial charge in [-0.25, -0.2) is 22.6 Å². The van der Waals surface area contributed by atoms with Crippen molar-refractivity contribution >= 4 is 17.6 Å². The number of nitrogens with zero attached hydrogens (tertiary/aromatic N) is 4. The fourth-order valence-corrected chi connectivity index (χ4v) is 3.58. The predicted octanol–water partition coefficient (Wildman–Crippen LogP) is 4.39. The zero-order chi connectivity index (χ0) is 20.9. The van der Waals surface area contributed by atoms with Gasteiger partial charge in [0, 0.05) is 5.02 Å². The Labute approximate surface area is 167 Å². The van der Waals surface area contributed by atoms with E-state index in [1.54, 1.807) is 6.07 Å². The third kappa shape index (κ3) is 3.27. The molecular formula is C18H14ClF3N4O3. The molecule has 0 aliphatic heterocycles. The fraction of sp³-hybridized carbons (Fsp3) is 0.333. The van der Waals surface area contributed by atoms with E-state index >= 15 is 0 Å². The van der Waals surface area contributed by atoms with Crippen LogP contribution in [0.25, 0.3) is 11.6 Å². The summed E-state index contributed by atoms with van der Waals surface area (Å²) in [6.45, 7) is 1.24. The molecule has 0 bridgehead atoms. The number of carboxylic acids is 1. The molecule has 0 spiro atoms. The Morgan fingerprint density at radius 2 is 2.07 bits per heavy atom. The summed E-state index contributed by atoms with van der Waals surface area (Å²) in [4.78, 5) is 15.5. The molecule has 7 nitrogen and oxygen atoms in total. The Hall–Kier alpha value is -2.88. The smallest absolute Gasteiger partial charge is 0.328 e.